The van der Waals surface area contributed by atoms with Gasteiger partial charge in [-0.25, -0.2) is 19.2 Å². The molecular weight excluding hydrogens is 568 g/mol. The van der Waals surface area contributed by atoms with Gasteiger partial charge < -0.3 is 28.8 Å². The summed E-state index contributed by atoms with van der Waals surface area (Å²) in [7, 11) is 0. The molecule has 1 aliphatic heterocycles. The molecule has 0 amide bonds. The summed E-state index contributed by atoms with van der Waals surface area (Å²) in [6.45, 7) is -0.504. The summed E-state index contributed by atoms with van der Waals surface area (Å²) in [5.41, 5.74) is 0.736. The number of carbonyl (C=O) groups excluding carboxylic acids is 4. The van der Waals surface area contributed by atoms with E-state index in [0.717, 1.165) is 0 Å². The van der Waals surface area contributed by atoms with E-state index in [-0.39, 0.29) is 22.3 Å². The number of esters is 4. The monoisotopic (exact) mass is 596 g/mol. The highest BCUT2D eigenvalue weighted by Crippen LogP contribution is 2.30. The van der Waals surface area contributed by atoms with Crippen molar-refractivity contribution in [1.82, 2.24) is 0 Å². The number of ether oxygens (including phenoxy) is 5. The summed E-state index contributed by atoms with van der Waals surface area (Å²) < 4.78 is 28.4. The molecule has 0 saturated carbocycles. The lowest BCUT2D eigenvalue weighted by Crippen LogP contribution is -2.62. The summed E-state index contributed by atoms with van der Waals surface area (Å²) in [6.07, 6.45) is -7.89. The fraction of sp³-hybridized carbons (Fsp3) is 0.176. The van der Waals surface area contributed by atoms with Gasteiger partial charge in [0.25, 0.3) is 0 Å². The molecule has 1 fully saturated rings. The van der Waals surface area contributed by atoms with Crippen LogP contribution in [-0.2, 0) is 23.7 Å². The quantitative estimate of drug-likeness (QED) is 0.221. The van der Waals surface area contributed by atoms with Crippen LogP contribution in [0, 0.1) is 0 Å². The molecule has 1 saturated heterocycles. The lowest BCUT2D eigenvalue weighted by atomic mass is 9.97. The molecule has 0 unspecified atom stereocenters. The van der Waals surface area contributed by atoms with Crippen molar-refractivity contribution in [3.63, 3.8) is 0 Å². The predicted molar refractivity (Wildman–Crippen MR) is 155 cm³/mol. The first kappa shape index (κ1) is 30.1. The average Bonchev–Trinajstić information content (AvgIpc) is 3.07. The summed E-state index contributed by atoms with van der Waals surface area (Å²) in [5, 5.41) is 11.1. The van der Waals surface area contributed by atoms with Gasteiger partial charge in [0.05, 0.1) is 22.3 Å². The Hall–Kier alpha value is -5.32. The maximum Gasteiger partial charge on any atom is 0.338 e. The van der Waals surface area contributed by atoms with Crippen molar-refractivity contribution >= 4 is 23.9 Å². The van der Waals surface area contributed by atoms with E-state index in [4.69, 9.17) is 23.7 Å². The Kier molecular flexibility index (Phi) is 9.75. The topological polar surface area (TPSA) is 135 Å². The van der Waals surface area contributed by atoms with Crippen molar-refractivity contribution in [2.75, 3.05) is 6.61 Å². The summed E-state index contributed by atoms with van der Waals surface area (Å²) in [6, 6.07) is 32.1. The zero-order chi connectivity index (χ0) is 30.9. The number of carbonyl (C=O) groups is 4. The van der Waals surface area contributed by atoms with Crippen molar-refractivity contribution in [3.05, 3.63) is 144 Å². The molecule has 4 aromatic rings. The second kappa shape index (κ2) is 14.2. The normalized spacial score (nSPS) is 21.0. The van der Waals surface area contributed by atoms with Crippen LogP contribution in [0.15, 0.2) is 121 Å². The second-order valence-corrected chi connectivity index (χ2v) is 9.74. The number of benzene rings is 4. The van der Waals surface area contributed by atoms with Crippen molar-refractivity contribution < 1.29 is 48.0 Å². The van der Waals surface area contributed by atoms with E-state index in [1.807, 2.05) is 0 Å². The Morgan fingerprint density at radius 3 is 1.25 bits per heavy atom. The number of aliphatic hydroxyl groups excluding tert-OH is 1. The van der Waals surface area contributed by atoms with E-state index >= 15 is 0 Å². The van der Waals surface area contributed by atoms with Crippen molar-refractivity contribution in [2.45, 2.75) is 30.7 Å². The molecule has 5 atom stereocenters. The van der Waals surface area contributed by atoms with Gasteiger partial charge in [0.1, 0.15) is 12.7 Å². The average molecular weight is 597 g/mol. The van der Waals surface area contributed by atoms with Crippen LogP contribution in [-0.4, -0.2) is 66.3 Å². The number of aliphatic hydroxyl groups is 1. The molecule has 0 aromatic heterocycles. The third kappa shape index (κ3) is 7.35. The molecule has 10 heteroatoms. The fourth-order valence-electron chi connectivity index (χ4n) is 4.54. The predicted octanol–water partition coefficient (Wildman–Crippen LogP) is 4.24. The third-order valence-corrected chi connectivity index (χ3v) is 6.76. The van der Waals surface area contributed by atoms with Crippen molar-refractivity contribution in [2.24, 2.45) is 0 Å². The van der Waals surface area contributed by atoms with Crippen LogP contribution in [0.25, 0.3) is 0 Å². The molecule has 0 radical (unpaired) electrons. The molecule has 1 aliphatic rings. The van der Waals surface area contributed by atoms with Crippen LogP contribution >= 0.6 is 0 Å². The molecule has 4 aromatic carbocycles. The SMILES string of the molecule is O=C(OC[C@H]1O[C@H](O)[C@@H](OC(=O)c2ccccc2)[C@H](OC(=O)c2ccccc2)[C@H]1OC(=O)c1ccccc1)c1ccccc1. The van der Waals surface area contributed by atoms with E-state index in [2.05, 4.69) is 0 Å². The number of rotatable bonds is 9. The third-order valence-electron chi connectivity index (χ3n) is 6.76. The van der Waals surface area contributed by atoms with E-state index < -0.39 is 61.2 Å². The van der Waals surface area contributed by atoms with Crippen molar-refractivity contribution in [1.29, 1.82) is 0 Å². The van der Waals surface area contributed by atoms with Gasteiger partial charge in [0.15, 0.2) is 24.6 Å². The lowest BCUT2D eigenvalue weighted by Gasteiger charge is -2.42. The number of hydrogen-bond acceptors (Lipinski definition) is 10. The van der Waals surface area contributed by atoms with Gasteiger partial charge in [-0.15, -0.1) is 0 Å². The van der Waals surface area contributed by atoms with Gasteiger partial charge in [-0.05, 0) is 48.5 Å². The van der Waals surface area contributed by atoms with E-state index in [1.54, 1.807) is 84.9 Å². The Morgan fingerprint density at radius 2 is 0.841 bits per heavy atom. The van der Waals surface area contributed by atoms with E-state index in [1.165, 1.54) is 36.4 Å². The maximum atomic E-state index is 13.3. The Bertz CT molecular complexity index is 1560. The van der Waals surface area contributed by atoms with Crippen LogP contribution in [0.3, 0.4) is 0 Å². The Balaban J connectivity index is 1.48. The molecule has 44 heavy (non-hydrogen) atoms. The van der Waals surface area contributed by atoms with Gasteiger partial charge in [0, 0.05) is 0 Å². The van der Waals surface area contributed by atoms with Crippen LogP contribution in [0.2, 0.25) is 0 Å². The fourth-order valence-corrected chi connectivity index (χ4v) is 4.54. The minimum atomic E-state index is -1.86. The standard InChI is InChI=1S/C34H28O10/c35-30(22-13-5-1-6-14-22)40-21-26-27(42-31(36)23-15-7-2-8-16-23)28(43-32(37)24-17-9-3-10-18-24)29(34(39)41-26)44-33(38)25-19-11-4-12-20-25/h1-20,26-29,34,39H,21H2/t26-,27+,28-,29+,34+/m1/s1. The highest BCUT2D eigenvalue weighted by atomic mass is 16.7. The van der Waals surface area contributed by atoms with Gasteiger partial charge in [-0.2, -0.15) is 0 Å². The van der Waals surface area contributed by atoms with Gasteiger partial charge in [0.2, 0.25) is 0 Å². The molecule has 1 heterocycles. The Labute approximate surface area is 252 Å². The molecule has 0 spiro atoms. The summed E-state index contributed by atoms with van der Waals surface area (Å²) in [5.74, 6) is -3.21. The van der Waals surface area contributed by atoms with E-state index in [0.29, 0.717) is 0 Å². The van der Waals surface area contributed by atoms with Gasteiger partial charge in [-0.1, -0.05) is 72.8 Å². The Morgan fingerprint density at radius 1 is 0.500 bits per heavy atom. The highest BCUT2D eigenvalue weighted by molar-refractivity contribution is 5.91. The summed E-state index contributed by atoms with van der Waals surface area (Å²) >= 11 is 0. The second-order valence-electron chi connectivity index (χ2n) is 9.74. The van der Waals surface area contributed by atoms with Crippen LogP contribution in [0.1, 0.15) is 41.4 Å². The molecule has 10 nitrogen and oxygen atoms in total. The van der Waals surface area contributed by atoms with Crippen LogP contribution in [0.4, 0.5) is 0 Å². The largest absolute Gasteiger partial charge is 0.459 e. The summed E-state index contributed by atoms with van der Waals surface area (Å²) in [4.78, 5) is 52.3. The first-order valence-corrected chi connectivity index (χ1v) is 13.7. The van der Waals surface area contributed by atoms with Crippen molar-refractivity contribution in [3.8, 4) is 0 Å². The lowest BCUT2D eigenvalue weighted by molar-refractivity contribution is -0.284. The molecule has 0 aliphatic carbocycles. The van der Waals surface area contributed by atoms with Gasteiger partial charge >= 0.3 is 23.9 Å². The number of hydrogen-bond donors (Lipinski definition) is 1. The highest BCUT2D eigenvalue weighted by Gasteiger charge is 2.52. The molecule has 1 N–H and O–H groups in total. The van der Waals surface area contributed by atoms with Crippen LogP contribution in [0.5, 0.6) is 0 Å². The molecule has 224 valence electrons. The molecule has 5 rings (SSSR count). The minimum Gasteiger partial charge on any atom is -0.459 e. The first-order chi connectivity index (χ1) is 21.4. The van der Waals surface area contributed by atoms with Crippen LogP contribution < -0.4 is 0 Å². The minimum absolute atomic E-state index is 0.154. The maximum absolute atomic E-state index is 13.3. The zero-order valence-electron chi connectivity index (χ0n) is 23.3. The molecular formula is C34H28O10. The molecule has 0 bridgehead atoms. The van der Waals surface area contributed by atoms with Gasteiger partial charge in [-0.3, -0.25) is 0 Å². The first-order valence-electron chi connectivity index (χ1n) is 13.7. The van der Waals surface area contributed by atoms with E-state index in [9.17, 15) is 24.3 Å². The zero-order valence-corrected chi connectivity index (χ0v) is 23.3. The smallest absolute Gasteiger partial charge is 0.338 e.